The lowest BCUT2D eigenvalue weighted by molar-refractivity contribution is -0.140. The highest BCUT2D eigenvalue weighted by atomic mass is 32.2. The molecule has 39 heavy (non-hydrogen) atoms. The monoisotopic (exact) mass is 553 g/mol. The van der Waals surface area contributed by atoms with Crippen molar-refractivity contribution >= 4 is 27.5 Å². The molecule has 0 saturated heterocycles. The summed E-state index contributed by atoms with van der Waals surface area (Å²) in [6, 6.07) is 20.9. The van der Waals surface area contributed by atoms with Crippen molar-refractivity contribution in [1.29, 1.82) is 0 Å². The predicted molar refractivity (Wildman–Crippen MR) is 152 cm³/mol. The number of hydrogen-bond acceptors (Lipinski definition) is 4. The fourth-order valence-electron chi connectivity index (χ4n) is 4.22. The standard InChI is InChI=1S/C30H36FN3O4S/c1-5-23(3)32-30(36)28(19-24-11-7-6-8-12-24)33(20-25-13-9-10-22(2)18-25)29(35)21-34(39(4,37)38)27-16-14-26(31)15-17-27/h6-18,23,28H,5,19-21H2,1-4H3,(H,32,36)/t23-,28+/m1/s1. The molecule has 208 valence electrons. The van der Waals surface area contributed by atoms with Crippen molar-refractivity contribution in [2.24, 2.45) is 0 Å². The molecule has 0 aliphatic carbocycles. The minimum Gasteiger partial charge on any atom is -0.352 e. The first-order chi connectivity index (χ1) is 18.5. The van der Waals surface area contributed by atoms with Gasteiger partial charge in [0.1, 0.15) is 18.4 Å². The second-order valence-corrected chi connectivity index (χ2v) is 11.7. The maximum Gasteiger partial charge on any atom is 0.244 e. The van der Waals surface area contributed by atoms with Crippen LogP contribution in [0.4, 0.5) is 10.1 Å². The number of aryl methyl sites for hydroxylation is 1. The lowest BCUT2D eigenvalue weighted by Gasteiger charge is -2.34. The number of amides is 2. The van der Waals surface area contributed by atoms with Gasteiger partial charge in [-0.05, 0) is 55.7 Å². The molecule has 0 radical (unpaired) electrons. The molecule has 0 aliphatic rings. The first-order valence-corrected chi connectivity index (χ1v) is 14.7. The first kappa shape index (κ1) is 29.8. The Morgan fingerprint density at radius 2 is 1.59 bits per heavy atom. The second-order valence-electron chi connectivity index (χ2n) is 9.78. The number of benzene rings is 3. The fourth-order valence-corrected chi connectivity index (χ4v) is 5.07. The van der Waals surface area contributed by atoms with Crippen LogP contribution < -0.4 is 9.62 Å². The van der Waals surface area contributed by atoms with Crippen molar-refractivity contribution in [3.05, 3.63) is 101 Å². The SMILES string of the molecule is CC[C@@H](C)NC(=O)[C@H](Cc1ccccc1)N(Cc1cccc(C)c1)C(=O)CN(c1ccc(F)cc1)S(C)(=O)=O. The number of nitrogens with one attached hydrogen (secondary N) is 1. The van der Waals surface area contributed by atoms with Gasteiger partial charge in [-0.2, -0.15) is 0 Å². The van der Waals surface area contributed by atoms with Crippen molar-refractivity contribution in [1.82, 2.24) is 10.2 Å². The van der Waals surface area contributed by atoms with Crippen molar-refractivity contribution in [3.8, 4) is 0 Å². The Morgan fingerprint density at radius 3 is 2.18 bits per heavy atom. The molecule has 3 rings (SSSR count). The summed E-state index contributed by atoms with van der Waals surface area (Å²) in [5.41, 5.74) is 2.83. The molecule has 0 saturated carbocycles. The summed E-state index contributed by atoms with van der Waals surface area (Å²) in [7, 11) is -3.90. The molecule has 0 unspecified atom stereocenters. The van der Waals surface area contributed by atoms with Crippen molar-refractivity contribution < 1.29 is 22.4 Å². The van der Waals surface area contributed by atoms with Crippen LogP contribution in [-0.4, -0.2) is 50.0 Å². The van der Waals surface area contributed by atoms with Crippen LogP contribution in [0.15, 0.2) is 78.9 Å². The molecule has 3 aromatic rings. The minimum absolute atomic E-state index is 0.104. The van der Waals surface area contributed by atoms with E-state index in [0.717, 1.165) is 39.4 Å². The third-order valence-corrected chi connectivity index (χ3v) is 7.64. The number of halogens is 1. The lowest BCUT2D eigenvalue weighted by atomic mass is 10.0. The number of anilines is 1. The van der Waals surface area contributed by atoms with Crippen LogP contribution in [0.1, 0.15) is 37.0 Å². The predicted octanol–water partition coefficient (Wildman–Crippen LogP) is 4.45. The van der Waals surface area contributed by atoms with Gasteiger partial charge in [-0.25, -0.2) is 12.8 Å². The Bertz CT molecular complexity index is 1360. The van der Waals surface area contributed by atoms with E-state index in [9.17, 15) is 22.4 Å². The van der Waals surface area contributed by atoms with Gasteiger partial charge in [-0.3, -0.25) is 13.9 Å². The highest BCUT2D eigenvalue weighted by Crippen LogP contribution is 2.21. The van der Waals surface area contributed by atoms with Crippen molar-refractivity contribution in [2.45, 2.75) is 52.2 Å². The molecule has 7 nitrogen and oxygen atoms in total. The van der Waals surface area contributed by atoms with Crippen LogP contribution in [0.2, 0.25) is 0 Å². The molecule has 2 amide bonds. The zero-order valence-electron chi connectivity index (χ0n) is 22.8. The van der Waals surface area contributed by atoms with E-state index in [1.54, 1.807) is 0 Å². The maximum atomic E-state index is 14.0. The fraction of sp³-hybridized carbons (Fsp3) is 0.333. The van der Waals surface area contributed by atoms with E-state index in [-0.39, 0.29) is 30.6 Å². The largest absolute Gasteiger partial charge is 0.352 e. The summed E-state index contributed by atoms with van der Waals surface area (Å²) in [6.07, 6.45) is 1.95. The summed E-state index contributed by atoms with van der Waals surface area (Å²) in [4.78, 5) is 29.1. The lowest BCUT2D eigenvalue weighted by Crippen LogP contribution is -2.54. The summed E-state index contributed by atoms with van der Waals surface area (Å²) in [5.74, 6) is -1.39. The Labute approximate surface area is 230 Å². The molecular formula is C30H36FN3O4S. The first-order valence-electron chi connectivity index (χ1n) is 12.9. The average molecular weight is 554 g/mol. The summed E-state index contributed by atoms with van der Waals surface area (Å²) < 4.78 is 40.0. The Morgan fingerprint density at radius 1 is 0.949 bits per heavy atom. The van der Waals surface area contributed by atoms with E-state index < -0.39 is 34.3 Å². The molecular weight excluding hydrogens is 517 g/mol. The van der Waals surface area contributed by atoms with E-state index in [1.807, 2.05) is 75.4 Å². The van der Waals surface area contributed by atoms with Crippen molar-refractivity contribution in [2.75, 3.05) is 17.1 Å². The van der Waals surface area contributed by atoms with Gasteiger partial charge in [-0.1, -0.05) is 67.1 Å². The second kappa shape index (κ2) is 13.4. The minimum atomic E-state index is -3.90. The molecule has 0 aliphatic heterocycles. The van der Waals surface area contributed by atoms with Gasteiger partial charge in [0.2, 0.25) is 21.8 Å². The van der Waals surface area contributed by atoms with Crippen LogP contribution in [0.25, 0.3) is 0 Å². The zero-order valence-corrected chi connectivity index (χ0v) is 23.6. The van der Waals surface area contributed by atoms with Gasteiger partial charge in [-0.15, -0.1) is 0 Å². The van der Waals surface area contributed by atoms with Crippen molar-refractivity contribution in [3.63, 3.8) is 0 Å². The molecule has 0 spiro atoms. The summed E-state index contributed by atoms with van der Waals surface area (Å²) in [5, 5.41) is 3.00. The Hall–Kier alpha value is -3.72. The number of sulfonamides is 1. The van der Waals surface area contributed by atoms with Gasteiger partial charge in [0, 0.05) is 19.0 Å². The molecule has 0 aromatic heterocycles. The molecule has 0 bridgehead atoms. The normalized spacial score (nSPS) is 12.8. The molecule has 3 aromatic carbocycles. The molecule has 9 heteroatoms. The van der Waals surface area contributed by atoms with Gasteiger partial charge in [0.25, 0.3) is 0 Å². The van der Waals surface area contributed by atoms with E-state index in [0.29, 0.717) is 6.42 Å². The zero-order chi connectivity index (χ0) is 28.6. The molecule has 1 N–H and O–H groups in total. The van der Waals surface area contributed by atoms with Crippen LogP contribution in [-0.2, 0) is 32.6 Å². The Balaban J connectivity index is 2.05. The molecule has 2 atom stereocenters. The van der Waals surface area contributed by atoms with Crippen LogP contribution in [0.5, 0.6) is 0 Å². The number of carbonyl (C=O) groups excluding carboxylic acids is 2. The third-order valence-electron chi connectivity index (χ3n) is 6.50. The maximum absolute atomic E-state index is 14.0. The van der Waals surface area contributed by atoms with Gasteiger partial charge in [0.05, 0.1) is 11.9 Å². The van der Waals surface area contributed by atoms with E-state index >= 15 is 0 Å². The van der Waals surface area contributed by atoms with Gasteiger partial charge < -0.3 is 10.2 Å². The van der Waals surface area contributed by atoms with E-state index in [1.165, 1.54) is 17.0 Å². The van der Waals surface area contributed by atoms with Crippen LogP contribution >= 0.6 is 0 Å². The average Bonchev–Trinajstić information content (AvgIpc) is 2.89. The smallest absolute Gasteiger partial charge is 0.244 e. The number of carbonyl (C=O) groups is 2. The molecule has 0 fully saturated rings. The molecule has 0 heterocycles. The van der Waals surface area contributed by atoms with Gasteiger partial charge >= 0.3 is 0 Å². The number of hydrogen-bond donors (Lipinski definition) is 1. The highest BCUT2D eigenvalue weighted by molar-refractivity contribution is 7.92. The van der Waals surface area contributed by atoms with E-state index in [4.69, 9.17) is 0 Å². The van der Waals surface area contributed by atoms with Crippen LogP contribution in [0, 0.1) is 12.7 Å². The van der Waals surface area contributed by atoms with E-state index in [2.05, 4.69) is 5.32 Å². The topological polar surface area (TPSA) is 86.8 Å². The quantitative estimate of drug-likeness (QED) is 0.359. The number of nitrogens with zero attached hydrogens (tertiary/aromatic N) is 2. The summed E-state index contributed by atoms with van der Waals surface area (Å²) in [6.45, 7) is 5.35. The van der Waals surface area contributed by atoms with Crippen LogP contribution in [0.3, 0.4) is 0 Å². The summed E-state index contributed by atoms with van der Waals surface area (Å²) >= 11 is 0. The van der Waals surface area contributed by atoms with Gasteiger partial charge in [0.15, 0.2) is 0 Å². The third kappa shape index (κ3) is 8.64. The number of rotatable bonds is 12. The Kier molecular flexibility index (Phi) is 10.2. The highest BCUT2D eigenvalue weighted by Gasteiger charge is 2.33.